The minimum atomic E-state index is -0.526. The number of nitrogens with one attached hydrogen (secondary N) is 1. The lowest BCUT2D eigenvalue weighted by molar-refractivity contribution is -0.135. The summed E-state index contributed by atoms with van der Waals surface area (Å²) in [4.78, 5) is 15.7. The molecule has 0 saturated carbocycles. The number of carbonyl (C=O) groups excluding carboxylic acids is 1. The summed E-state index contributed by atoms with van der Waals surface area (Å²) in [5.74, 6) is -0.424. The predicted octanol–water partition coefficient (Wildman–Crippen LogP) is 1.45. The van der Waals surface area contributed by atoms with Gasteiger partial charge in [0.25, 0.3) is 0 Å². The van der Waals surface area contributed by atoms with Crippen molar-refractivity contribution in [1.29, 1.82) is 0 Å². The maximum Gasteiger partial charge on any atom is 0.343 e. The van der Waals surface area contributed by atoms with Crippen LogP contribution in [-0.4, -0.2) is 43.5 Å². The van der Waals surface area contributed by atoms with E-state index < -0.39 is 5.97 Å². The summed E-state index contributed by atoms with van der Waals surface area (Å²) in [7, 11) is 2.90. The number of aliphatic hydroxyl groups is 1. The Morgan fingerprint density at radius 3 is 2.67 bits per heavy atom. The van der Waals surface area contributed by atoms with Crippen LogP contribution in [0, 0.1) is 5.92 Å². The van der Waals surface area contributed by atoms with Gasteiger partial charge in [0.15, 0.2) is 0 Å². The van der Waals surface area contributed by atoms with Crippen LogP contribution in [0.25, 0.3) is 0 Å². The molecule has 0 spiro atoms. The van der Waals surface area contributed by atoms with E-state index in [9.17, 15) is 9.90 Å². The molecular formula is C13H22N2O3. The zero-order valence-electron chi connectivity index (χ0n) is 11.5. The van der Waals surface area contributed by atoms with E-state index in [0.717, 1.165) is 19.4 Å². The Hall–Kier alpha value is -1.36. The van der Waals surface area contributed by atoms with Crippen LogP contribution in [0.15, 0.2) is 16.3 Å². The molecule has 18 heavy (non-hydrogen) atoms. The van der Waals surface area contributed by atoms with E-state index >= 15 is 0 Å². The van der Waals surface area contributed by atoms with Crippen LogP contribution < -0.4 is 5.32 Å². The normalized spacial score (nSPS) is 26.6. The first-order valence-electron chi connectivity index (χ1n) is 6.19. The SMILES string of the molecule is CN=C(C)/C(C(=O)OC)=C(\O)C1CCNC(C)C1. The third-order valence-electron chi connectivity index (χ3n) is 3.35. The van der Waals surface area contributed by atoms with Gasteiger partial charge in [-0.2, -0.15) is 0 Å². The number of carbonyl (C=O) groups is 1. The summed E-state index contributed by atoms with van der Waals surface area (Å²) in [6, 6.07) is 0.337. The smallest absolute Gasteiger partial charge is 0.343 e. The van der Waals surface area contributed by atoms with Gasteiger partial charge < -0.3 is 15.2 Å². The van der Waals surface area contributed by atoms with Gasteiger partial charge in [-0.25, -0.2) is 4.79 Å². The standard InChI is InChI=1S/C13H22N2O3/c1-8-7-10(5-6-15-8)12(16)11(9(2)14-3)13(17)18-4/h8,10,15-16H,5-7H2,1-4H3/b12-11+,14-9?. The summed E-state index contributed by atoms with van der Waals surface area (Å²) in [5.41, 5.74) is 0.713. The number of piperidine rings is 1. The Morgan fingerprint density at radius 1 is 1.50 bits per heavy atom. The molecule has 2 unspecified atom stereocenters. The fourth-order valence-corrected chi connectivity index (χ4v) is 2.24. The molecule has 0 bridgehead atoms. The number of aliphatic imine (C=N–C) groups is 1. The Labute approximate surface area is 108 Å². The number of rotatable bonds is 3. The molecular weight excluding hydrogens is 232 g/mol. The molecule has 0 aliphatic carbocycles. The first-order chi connectivity index (χ1) is 8.51. The molecule has 102 valence electrons. The largest absolute Gasteiger partial charge is 0.511 e. The quantitative estimate of drug-likeness (QED) is 0.346. The molecule has 1 saturated heterocycles. The molecule has 0 aromatic carbocycles. The van der Waals surface area contributed by atoms with Crippen LogP contribution in [-0.2, 0) is 9.53 Å². The number of ether oxygens (including phenoxy) is 1. The van der Waals surface area contributed by atoms with Gasteiger partial charge in [0.1, 0.15) is 11.3 Å². The van der Waals surface area contributed by atoms with Crippen molar-refractivity contribution >= 4 is 11.7 Å². The molecule has 1 heterocycles. The van der Waals surface area contributed by atoms with Gasteiger partial charge in [-0.15, -0.1) is 0 Å². The van der Waals surface area contributed by atoms with E-state index in [0.29, 0.717) is 11.8 Å². The number of nitrogens with zero attached hydrogens (tertiary/aromatic N) is 1. The summed E-state index contributed by atoms with van der Waals surface area (Å²) < 4.78 is 4.72. The first kappa shape index (κ1) is 14.7. The predicted molar refractivity (Wildman–Crippen MR) is 70.9 cm³/mol. The first-order valence-corrected chi connectivity index (χ1v) is 6.19. The zero-order valence-corrected chi connectivity index (χ0v) is 11.5. The zero-order chi connectivity index (χ0) is 13.7. The molecule has 1 rings (SSSR count). The Bertz CT molecular complexity index is 374. The molecule has 0 amide bonds. The highest BCUT2D eigenvalue weighted by Gasteiger charge is 2.28. The van der Waals surface area contributed by atoms with Crippen molar-refractivity contribution in [3.05, 3.63) is 11.3 Å². The van der Waals surface area contributed by atoms with Crippen LogP contribution in [0.5, 0.6) is 0 Å². The average Bonchev–Trinajstić information content (AvgIpc) is 2.38. The van der Waals surface area contributed by atoms with Gasteiger partial charge in [0, 0.05) is 24.7 Å². The van der Waals surface area contributed by atoms with Gasteiger partial charge >= 0.3 is 5.97 Å². The second kappa shape index (κ2) is 6.54. The van der Waals surface area contributed by atoms with Gasteiger partial charge in [-0.05, 0) is 33.2 Å². The third kappa shape index (κ3) is 3.32. The number of aliphatic hydroxyl groups excluding tert-OH is 1. The van der Waals surface area contributed by atoms with E-state index in [1.54, 1.807) is 14.0 Å². The summed E-state index contributed by atoms with van der Waals surface area (Å²) in [6.45, 7) is 4.61. The second-order valence-corrected chi connectivity index (χ2v) is 4.64. The molecule has 0 aromatic heterocycles. The van der Waals surface area contributed by atoms with Gasteiger partial charge in [0.2, 0.25) is 0 Å². The van der Waals surface area contributed by atoms with Crippen LogP contribution in [0.1, 0.15) is 26.7 Å². The summed E-state index contributed by atoms with van der Waals surface area (Å²) in [6.07, 6.45) is 1.62. The number of hydrogen-bond acceptors (Lipinski definition) is 5. The molecule has 1 fully saturated rings. The van der Waals surface area contributed by atoms with Crippen molar-refractivity contribution in [2.24, 2.45) is 10.9 Å². The van der Waals surface area contributed by atoms with E-state index in [4.69, 9.17) is 4.74 Å². The molecule has 2 atom stereocenters. The minimum Gasteiger partial charge on any atom is -0.511 e. The van der Waals surface area contributed by atoms with Gasteiger partial charge in [-0.1, -0.05) is 0 Å². The Morgan fingerprint density at radius 2 is 2.17 bits per heavy atom. The van der Waals surface area contributed by atoms with Crippen molar-refractivity contribution in [3.8, 4) is 0 Å². The molecule has 5 heteroatoms. The number of methoxy groups -OCH3 is 1. The van der Waals surface area contributed by atoms with Crippen LogP contribution >= 0.6 is 0 Å². The fourth-order valence-electron chi connectivity index (χ4n) is 2.24. The highest BCUT2D eigenvalue weighted by atomic mass is 16.5. The second-order valence-electron chi connectivity index (χ2n) is 4.64. The van der Waals surface area contributed by atoms with E-state index in [2.05, 4.69) is 17.2 Å². The van der Waals surface area contributed by atoms with Crippen molar-refractivity contribution in [2.45, 2.75) is 32.7 Å². The van der Waals surface area contributed by atoms with Crippen molar-refractivity contribution in [2.75, 3.05) is 20.7 Å². The molecule has 1 aliphatic heterocycles. The lowest BCUT2D eigenvalue weighted by Crippen LogP contribution is -2.37. The average molecular weight is 254 g/mol. The van der Waals surface area contributed by atoms with Crippen LogP contribution in [0.4, 0.5) is 0 Å². The van der Waals surface area contributed by atoms with Gasteiger partial charge in [-0.3, -0.25) is 4.99 Å². The van der Waals surface area contributed by atoms with E-state index in [1.165, 1.54) is 7.11 Å². The van der Waals surface area contributed by atoms with Crippen LogP contribution in [0.2, 0.25) is 0 Å². The number of allylic oxidation sites excluding steroid dienone is 1. The lowest BCUT2D eigenvalue weighted by atomic mass is 9.88. The fraction of sp³-hybridized carbons (Fsp3) is 0.692. The summed E-state index contributed by atoms with van der Waals surface area (Å²) >= 11 is 0. The Kier molecular flexibility index (Phi) is 5.34. The molecule has 0 aromatic rings. The highest BCUT2D eigenvalue weighted by molar-refractivity contribution is 6.19. The Balaban J connectivity index is 3.06. The van der Waals surface area contributed by atoms with E-state index in [-0.39, 0.29) is 17.3 Å². The lowest BCUT2D eigenvalue weighted by Gasteiger charge is -2.28. The molecule has 2 N–H and O–H groups in total. The molecule has 0 radical (unpaired) electrons. The van der Waals surface area contributed by atoms with Crippen molar-refractivity contribution < 1.29 is 14.6 Å². The molecule has 1 aliphatic rings. The topological polar surface area (TPSA) is 70.9 Å². The monoisotopic (exact) mass is 254 g/mol. The van der Waals surface area contributed by atoms with E-state index in [1.807, 2.05) is 0 Å². The maximum atomic E-state index is 11.7. The summed E-state index contributed by atoms with van der Waals surface area (Å²) in [5, 5.41) is 13.6. The highest BCUT2D eigenvalue weighted by Crippen LogP contribution is 2.25. The third-order valence-corrected chi connectivity index (χ3v) is 3.35. The minimum absolute atomic E-state index is 0.00736. The maximum absolute atomic E-state index is 11.7. The molecule has 5 nitrogen and oxygen atoms in total. The van der Waals surface area contributed by atoms with Gasteiger partial charge in [0.05, 0.1) is 7.11 Å². The van der Waals surface area contributed by atoms with Crippen LogP contribution in [0.3, 0.4) is 0 Å². The van der Waals surface area contributed by atoms with Crippen molar-refractivity contribution in [3.63, 3.8) is 0 Å². The van der Waals surface area contributed by atoms with Crippen molar-refractivity contribution in [1.82, 2.24) is 5.32 Å². The number of esters is 1. The number of hydrogen-bond donors (Lipinski definition) is 2.